The topological polar surface area (TPSA) is 90.3 Å². The van der Waals surface area contributed by atoms with Gasteiger partial charge in [0.15, 0.2) is 0 Å². The van der Waals surface area contributed by atoms with Crippen molar-refractivity contribution in [3.63, 3.8) is 0 Å². The Labute approximate surface area is 106 Å². The minimum Gasteiger partial charge on any atom is -0.468 e. The number of piperidine rings is 1. The van der Waals surface area contributed by atoms with E-state index in [0.717, 1.165) is 32.5 Å². The van der Waals surface area contributed by atoms with Crippen LogP contribution in [0.5, 0.6) is 0 Å². The Bertz CT molecular complexity index is 368. The van der Waals surface area contributed by atoms with Gasteiger partial charge in [-0.25, -0.2) is 0 Å². The number of azide groups is 1. The minimum atomic E-state index is -0.591. The van der Waals surface area contributed by atoms with E-state index in [1.54, 1.807) is 0 Å². The molecule has 0 amide bonds. The number of nitrogens with zero attached hydrogens (tertiary/aromatic N) is 4. The van der Waals surface area contributed by atoms with Crippen LogP contribution in [-0.2, 0) is 9.53 Å². The molecule has 2 bridgehead atoms. The summed E-state index contributed by atoms with van der Waals surface area (Å²) in [5.41, 5.74) is 7.67. The Kier molecular flexibility index (Phi) is 4.06. The summed E-state index contributed by atoms with van der Waals surface area (Å²) in [5.74, 6) is 0.111. The van der Waals surface area contributed by atoms with Crippen LogP contribution in [0.4, 0.5) is 0 Å². The Balaban J connectivity index is 2.07. The van der Waals surface area contributed by atoms with E-state index < -0.39 is 5.54 Å². The van der Waals surface area contributed by atoms with E-state index >= 15 is 0 Å². The van der Waals surface area contributed by atoms with Crippen LogP contribution in [0.15, 0.2) is 5.11 Å². The molecule has 2 aliphatic heterocycles. The number of carbonyl (C=O) groups is 1. The molecule has 1 N–H and O–H groups in total. The van der Waals surface area contributed by atoms with Gasteiger partial charge in [-0.15, -0.1) is 0 Å². The zero-order valence-corrected chi connectivity index (χ0v) is 10.6. The molecular weight excluding hydrogens is 234 g/mol. The van der Waals surface area contributed by atoms with E-state index in [-0.39, 0.29) is 5.97 Å². The predicted molar refractivity (Wildman–Crippen MR) is 65.9 cm³/mol. The molecule has 2 aliphatic rings. The molecule has 2 fully saturated rings. The summed E-state index contributed by atoms with van der Waals surface area (Å²) in [7, 11) is 1.43. The van der Waals surface area contributed by atoms with Gasteiger partial charge in [-0.3, -0.25) is 4.79 Å². The molecule has 0 spiro atoms. The highest BCUT2D eigenvalue weighted by Crippen LogP contribution is 2.36. The molecule has 2 heterocycles. The van der Waals surface area contributed by atoms with Gasteiger partial charge in [-0.05, 0) is 24.9 Å². The van der Waals surface area contributed by atoms with Gasteiger partial charge in [0.05, 0.1) is 7.11 Å². The van der Waals surface area contributed by atoms with Crippen LogP contribution in [0.25, 0.3) is 10.4 Å². The van der Waals surface area contributed by atoms with E-state index in [4.69, 9.17) is 10.3 Å². The monoisotopic (exact) mass is 253 g/mol. The molecule has 100 valence electrons. The summed E-state index contributed by atoms with van der Waals surface area (Å²) in [6.07, 6.45) is 1.78. The molecule has 2 rings (SSSR count). The second kappa shape index (κ2) is 5.56. The van der Waals surface area contributed by atoms with Crippen molar-refractivity contribution in [1.29, 1.82) is 0 Å². The SMILES string of the molecule is COC(=O)C1(NCCN=[N+]=[N-])CCN2CCC1C2. The molecule has 7 nitrogen and oxygen atoms in total. The van der Waals surface area contributed by atoms with Crippen molar-refractivity contribution in [3.05, 3.63) is 10.4 Å². The highest BCUT2D eigenvalue weighted by atomic mass is 16.5. The largest absolute Gasteiger partial charge is 0.468 e. The second-order valence-corrected chi connectivity index (χ2v) is 4.88. The fourth-order valence-corrected chi connectivity index (χ4v) is 3.11. The number of hydrogen-bond acceptors (Lipinski definition) is 5. The van der Waals surface area contributed by atoms with Gasteiger partial charge in [0.2, 0.25) is 0 Å². The summed E-state index contributed by atoms with van der Waals surface area (Å²) < 4.78 is 4.98. The molecule has 0 aromatic carbocycles. The summed E-state index contributed by atoms with van der Waals surface area (Å²) in [5, 5.41) is 6.77. The van der Waals surface area contributed by atoms with Crippen molar-refractivity contribution >= 4 is 5.97 Å². The van der Waals surface area contributed by atoms with E-state index in [1.807, 2.05) is 0 Å². The lowest BCUT2D eigenvalue weighted by atomic mass is 9.78. The maximum absolute atomic E-state index is 12.1. The Morgan fingerprint density at radius 3 is 3.22 bits per heavy atom. The summed E-state index contributed by atoms with van der Waals surface area (Å²) in [6.45, 7) is 3.78. The number of nitrogens with one attached hydrogen (secondary N) is 1. The lowest BCUT2D eigenvalue weighted by molar-refractivity contribution is -0.152. The number of rotatable bonds is 5. The fourth-order valence-electron chi connectivity index (χ4n) is 3.11. The first kappa shape index (κ1) is 13.1. The normalized spacial score (nSPS) is 33.8. The van der Waals surface area contributed by atoms with E-state index in [9.17, 15) is 4.79 Å². The Morgan fingerprint density at radius 2 is 2.50 bits per heavy atom. The van der Waals surface area contributed by atoms with E-state index in [0.29, 0.717) is 19.0 Å². The van der Waals surface area contributed by atoms with Crippen LogP contribution in [-0.4, -0.2) is 56.2 Å². The van der Waals surface area contributed by atoms with Crippen LogP contribution < -0.4 is 5.32 Å². The Hall–Kier alpha value is -1.30. The van der Waals surface area contributed by atoms with Gasteiger partial charge in [0.1, 0.15) is 5.54 Å². The molecule has 0 radical (unpaired) electrons. The molecule has 2 saturated heterocycles. The lowest BCUT2D eigenvalue weighted by Gasteiger charge is -2.41. The second-order valence-electron chi connectivity index (χ2n) is 4.88. The van der Waals surface area contributed by atoms with Gasteiger partial charge in [-0.1, -0.05) is 5.11 Å². The number of hydrogen-bond donors (Lipinski definition) is 1. The zero-order valence-electron chi connectivity index (χ0n) is 10.6. The van der Waals surface area contributed by atoms with Gasteiger partial charge in [0.25, 0.3) is 0 Å². The van der Waals surface area contributed by atoms with Crippen molar-refractivity contribution < 1.29 is 9.53 Å². The minimum absolute atomic E-state index is 0.185. The molecule has 0 aliphatic carbocycles. The zero-order chi connectivity index (χ0) is 13.0. The number of ether oxygens (including phenoxy) is 1. The van der Waals surface area contributed by atoms with Crippen molar-refractivity contribution in [3.8, 4) is 0 Å². The molecule has 0 aromatic heterocycles. The molecular formula is C11H19N5O2. The maximum Gasteiger partial charge on any atom is 0.326 e. The van der Waals surface area contributed by atoms with Gasteiger partial charge < -0.3 is 15.0 Å². The summed E-state index contributed by atoms with van der Waals surface area (Å²) >= 11 is 0. The fraction of sp³-hybridized carbons (Fsp3) is 0.909. The van der Waals surface area contributed by atoms with Crippen molar-refractivity contribution in [2.24, 2.45) is 11.0 Å². The first-order valence-electron chi connectivity index (χ1n) is 6.29. The third kappa shape index (κ3) is 2.29. The highest BCUT2D eigenvalue weighted by Gasteiger charge is 2.51. The third-order valence-electron chi connectivity index (χ3n) is 4.06. The average Bonchev–Trinajstić information content (AvgIpc) is 2.80. The quantitative estimate of drug-likeness (QED) is 0.254. The molecule has 3 unspecified atom stereocenters. The average molecular weight is 253 g/mol. The summed E-state index contributed by atoms with van der Waals surface area (Å²) in [6, 6.07) is 0. The number of fused-ring (bicyclic) bond motifs is 2. The third-order valence-corrected chi connectivity index (χ3v) is 4.06. The van der Waals surface area contributed by atoms with E-state index in [2.05, 4.69) is 20.2 Å². The standard InChI is InChI=1S/C11H19N5O2/c1-18-10(17)11(13-4-5-14-15-12)3-7-16-6-2-9(11)8-16/h9,13H,2-8H2,1H3. The smallest absolute Gasteiger partial charge is 0.326 e. The number of esters is 1. The maximum atomic E-state index is 12.1. The molecule has 18 heavy (non-hydrogen) atoms. The van der Waals surface area contributed by atoms with Gasteiger partial charge in [-0.2, -0.15) is 0 Å². The van der Waals surface area contributed by atoms with Gasteiger partial charge >= 0.3 is 5.97 Å². The van der Waals surface area contributed by atoms with Crippen molar-refractivity contribution in [2.45, 2.75) is 18.4 Å². The number of carbonyl (C=O) groups excluding carboxylic acids is 1. The van der Waals surface area contributed by atoms with Crippen molar-refractivity contribution in [2.75, 3.05) is 39.8 Å². The first-order chi connectivity index (χ1) is 8.73. The molecule has 0 saturated carbocycles. The highest BCUT2D eigenvalue weighted by molar-refractivity contribution is 5.81. The molecule has 7 heteroatoms. The van der Waals surface area contributed by atoms with E-state index in [1.165, 1.54) is 7.11 Å². The predicted octanol–water partition coefficient (Wildman–Crippen LogP) is 0.524. The van der Waals surface area contributed by atoms with Crippen LogP contribution in [0, 0.1) is 5.92 Å². The molecule has 3 atom stereocenters. The number of methoxy groups -OCH3 is 1. The Morgan fingerprint density at radius 1 is 1.67 bits per heavy atom. The van der Waals surface area contributed by atoms with Crippen LogP contribution >= 0.6 is 0 Å². The van der Waals surface area contributed by atoms with Crippen LogP contribution in [0.2, 0.25) is 0 Å². The lowest BCUT2D eigenvalue weighted by Crippen LogP contribution is -2.62. The van der Waals surface area contributed by atoms with Crippen molar-refractivity contribution in [1.82, 2.24) is 10.2 Å². The van der Waals surface area contributed by atoms with Crippen LogP contribution in [0.1, 0.15) is 12.8 Å². The molecule has 0 aromatic rings. The van der Waals surface area contributed by atoms with Crippen LogP contribution in [0.3, 0.4) is 0 Å². The first-order valence-corrected chi connectivity index (χ1v) is 6.29. The summed E-state index contributed by atoms with van der Waals surface area (Å²) in [4.78, 5) is 17.2. The van der Waals surface area contributed by atoms with Gasteiger partial charge in [0, 0.05) is 37.0 Å².